The lowest BCUT2D eigenvalue weighted by Gasteiger charge is -2.00. The second-order valence-electron chi connectivity index (χ2n) is 2.61. The average Bonchev–Trinajstić information content (AvgIpc) is 2.47. The predicted octanol–water partition coefficient (Wildman–Crippen LogP) is 2.54. The Bertz CT molecular complexity index is 332. The zero-order valence-electron chi connectivity index (χ0n) is 7.26. The first kappa shape index (κ1) is 10.3. The molecule has 0 aliphatic rings. The molecule has 1 rings (SSSR count). The zero-order valence-corrected chi connectivity index (χ0v) is 8.84. The lowest BCUT2D eigenvalue weighted by molar-refractivity contribution is 0.0961. The van der Waals surface area contributed by atoms with Crippen LogP contribution >= 0.6 is 22.9 Å². The molecule has 70 valence electrons. The number of carbonyl (C=O) groups excluding carboxylic acids is 1. The van der Waals surface area contributed by atoms with Crippen molar-refractivity contribution in [3.8, 4) is 0 Å². The van der Waals surface area contributed by atoms with Gasteiger partial charge < -0.3 is 5.32 Å². The Kier molecular flexibility index (Phi) is 3.51. The van der Waals surface area contributed by atoms with Gasteiger partial charge >= 0.3 is 0 Å². The lowest BCUT2D eigenvalue weighted by Crippen LogP contribution is -2.23. The number of carbonyl (C=O) groups is 1. The third kappa shape index (κ3) is 3.20. The van der Waals surface area contributed by atoms with E-state index in [1.165, 1.54) is 11.3 Å². The third-order valence-corrected chi connectivity index (χ3v) is 2.54. The maximum atomic E-state index is 11.4. The summed E-state index contributed by atoms with van der Waals surface area (Å²) in [4.78, 5) is 13.2. The van der Waals surface area contributed by atoms with Crippen molar-refractivity contribution in [1.82, 2.24) is 5.32 Å². The van der Waals surface area contributed by atoms with Gasteiger partial charge in [0.2, 0.25) is 0 Å². The summed E-state index contributed by atoms with van der Waals surface area (Å²) in [6.45, 7) is 5.76. The molecule has 1 N–H and O–H groups in total. The van der Waals surface area contributed by atoms with Crippen molar-refractivity contribution >= 4 is 28.8 Å². The van der Waals surface area contributed by atoms with Gasteiger partial charge in [-0.3, -0.25) is 4.79 Å². The molecule has 1 aromatic rings. The molecule has 0 aliphatic heterocycles. The Morgan fingerprint density at radius 1 is 1.69 bits per heavy atom. The molecule has 1 aromatic heterocycles. The summed E-state index contributed by atoms with van der Waals surface area (Å²) >= 11 is 6.97. The summed E-state index contributed by atoms with van der Waals surface area (Å²) in [5.41, 5.74) is 0. The highest BCUT2D eigenvalue weighted by Crippen LogP contribution is 2.14. The number of nitrogens with one attached hydrogen (secondary N) is 1. The Balaban J connectivity index is 2.54. The first-order valence-corrected chi connectivity index (χ1v) is 4.97. The number of thiophene rings is 1. The van der Waals surface area contributed by atoms with Crippen molar-refractivity contribution in [3.05, 3.63) is 33.5 Å². The van der Waals surface area contributed by atoms with Gasteiger partial charge in [0.25, 0.3) is 5.91 Å². The molecule has 0 unspecified atom stereocenters. The zero-order chi connectivity index (χ0) is 9.84. The molecule has 1 amide bonds. The monoisotopic (exact) mass is 215 g/mol. The smallest absolute Gasteiger partial charge is 0.261 e. The molecule has 0 spiro atoms. The van der Waals surface area contributed by atoms with E-state index >= 15 is 0 Å². The van der Waals surface area contributed by atoms with E-state index in [1.807, 2.05) is 13.0 Å². The van der Waals surface area contributed by atoms with E-state index in [0.29, 0.717) is 16.5 Å². The molecule has 0 saturated carbocycles. The van der Waals surface area contributed by atoms with Gasteiger partial charge in [0.05, 0.1) is 11.4 Å². The molecule has 0 atom stereocenters. The SMILES string of the molecule is C=C(Cl)CNC(=O)c1ccc(C)s1. The second-order valence-corrected chi connectivity index (χ2v) is 4.43. The molecule has 0 bridgehead atoms. The van der Waals surface area contributed by atoms with Gasteiger partial charge in [0.1, 0.15) is 0 Å². The minimum absolute atomic E-state index is 0.0973. The minimum atomic E-state index is -0.0973. The van der Waals surface area contributed by atoms with Gasteiger partial charge in [-0.2, -0.15) is 0 Å². The van der Waals surface area contributed by atoms with Crippen molar-refractivity contribution in [1.29, 1.82) is 0 Å². The number of amides is 1. The fourth-order valence-electron chi connectivity index (χ4n) is 0.820. The van der Waals surface area contributed by atoms with E-state index in [2.05, 4.69) is 11.9 Å². The van der Waals surface area contributed by atoms with E-state index in [4.69, 9.17) is 11.6 Å². The van der Waals surface area contributed by atoms with Crippen LogP contribution < -0.4 is 5.32 Å². The average molecular weight is 216 g/mol. The number of hydrogen-bond donors (Lipinski definition) is 1. The molecule has 0 fully saturated rings. The van der Waals surface area contributed by atoms with Crippen molar-refractivity contribution in [2.24, 2.45) is 0 Å². The number of rotatable bonds is 3. The van der Waals surface area contributed by atoms with Crippen LogP contribution in [0.5, 0.6) is 0 Å². The highest BCUT2D eigenvalue weighted by Gasteiger charge is 2.06. The van der Waals surface area contributed by atoms with Crippen LogP contribution in [0.2, 0.25) is 0 Å². The molecule has 4 heteroatoms. The fourth-order valence-corrected chi connectivity index (χ4v) is 1.67. The van der Waals surface area contributed by atoms with Crippen LogP contribution in [0, 0.1) is 6.92 Å². The predicted molar refractivity (Wildman–Crippen MR) is 56.4 cm³/mol. The number of hydrogen-bond acceptors (Lipinski definition) is 2. The first-order valence-electron chi connectivity index (χ1n) is 3.77. The van der Waals surface area contributed by atoms with Gasteiger partial charge in [-0.1, -0.05) is 18.2 Å². The van der Waals surface area contributed by atoms with Crippen molar-refractivity contribution < 1.29 is 4.79 Å². The highest BCUT2D eigenvalue weighted by molar-refractivity contribution is 7.13. The Hall–Kier alpha value is -0.800. The van der Waals surface area contributed by atoms with E-state index in [0.717, 1.165) is 4.88 Å². The van der Waals surface area contributed by atoms with Crippen molar-refractivity contribution in [2.45, 2.75) is 6.92 Å². The van der Waals surface area contributed by atoms with E-state index < -0.39 is 0 Å². The quantitative estimate of drug-likeness (QED) is 0.825. The molecular weight excluding hydrogens is 206 g/mol. The molecule has 13 heavy (non-hydrogen) atoms. The number of aryl methyl sites for hydroxylation is 1. The Labute approximate surface area is 86.2 Å². The summed E-state index contributed by atoms with van der Waals surface area (Å²) < 4.78 is 0. The van der Waals surface area contributed by atoms with Gasteiger partial charge in [0.15, 0.2) is 0 Å². The van der Waals surface area contributed by atoms with Crippen molar-refractivity contribution in [2.75, 3.05) is 6.54 Å². The van der Waals surface area contributed by atoms with Crippen LogP contribution in [-0.4, -0.2) is 12.5 Å². The molecule has 0 aliphatic carbocycles. The summed E-state index contributed by atoms with van der Waals surface area (Å²) in [5, 5.41) is 3.08. The fraction of sp³-hybridized carbons (Fsp3) is 0.222. The minimum Gasteiger partial charge on any atom is -0.346 e. The Morgan fingerprint density at radius 2 is 2.38 bits per heavy atom. The topological polar surface area (TPSA) is 29.1 Å². The summed E-state index contributed by atoms with van der Waals surface area (Å²) in [6.07, 6.45) is 0. The third-order valence-electron chi connectivity index (χ3n) is 1.40. The van der Waals surface area contributed by atoms with Gasteiger partial charge in [0, 0.05) is 9.91 Å². The van der Waals surface area contributed by atoms with E-state index in [1.54, 1.807) is 6.07 Å². The molecule has 1 heterocycles. The first-order chi connectivity index (χ1) is 6.09. The summed E-state index contributed by atoms with van der Waals surface area (Å²) in [5.74, 6) is -0.0973. The van der Waals surface area contributed by atoms with Crippen LogP contribution in [-0.2, 0) is 0 Å². The van der Waals surface area contributed by atoms with Crippen LogP contribution in [0.1, 0.15) is 14.5 Å². The summed E-state index contributed by atoms with van der Waals surface area (Å²) in [6, 6.07) is 3.71. The molecule has 2 nitrogen and oxygen atoms in total. The molecule has 0 radical (unpaired) electrons. The highest BCUT2D eigenvalue weighted by atomic mass is 35.5. The lowest BCUT2D eigenvalue weighted by atomic mass is 10.4. The summed E-state index contributed by atoms with van der Waals surface area (Å²) in [7, 11) is 0. The maximum Gasteiger partial charge on any atom is 0.261 e. The van der Waals surface area contributed by atoms with Crippen LogP contribution in [0.15, 0.2) is 23.7 Å². The second kappa shape index (κ2) is 4.44. The van der Waals surface area contributed by atoms with Crippen molar-refractivity contribution in [3.63, 3.8) is 0 Å². The van der Waals surface area contributed by atoms with Crippen LogP contribution in [0.3, 0.4) is 0 Å². The van der Waals surface area contributed by atoms with Gasteiger partial charge in [-0.15, -0.1) is 11.3 Å². The largest absolute Gasteiger partial charge is 0.346 e. The Morgan fingerprint density at radius 3 is 2.85 bits per heavy atom. The van der Waals surface area contributed by atoms with E-state index in [-0.39, 0.29) is 5.91 Å². The number of halogens is 1. The van der Waals surface area contributed by atoms with Gasteiger partial charge in [-0.05, 0) is 19.1 Å². The normalized spacial score (nSPS) is 9.69. The standard InChI is InChI=1S/C9H10ClNOS/c1-6(10)5-11-9(12)8-4-3-7(2)13-8/h3-4H,1,5H2,2H3,(H,11,12). The van der Waals surface area contributed by atoms with Crippen LogP contribution in [0.25, 0.3) is 0 Å². The van der Waals surface area contributed by atoms with Crippen LogP contribution in [0.4, 0.5) is 0 Å². The van der Waals surface area contributed by atoms with Gasteiger partial charge in [-0.25, -0.2) is 0 Å². The molecule has 0 aromatic carbocycles. The van der Waals surface area contributed by atoms with E-state index in [9.17, 15) is 4.79 Å². The molecule has 0 saturated heterocycles. The maximum absolute atomic E-state index is 11.4. The molecular formula is C9H10ClNOS.